The molecule has 0 saturated heterocycles. The smallest absolute Gasteiger partial charge is 0.323 e. The second kappa shape index (κ2) is 7.38. The minimum atomic E-state index is -3.83. The predicted molar refractivity (Wildman–Crippen MR) is 75.1 cm³/mol. The molecular weight excluding hydrogens is 316 g/mol. The Kier molecular flexibility index (Phi) is 6.09. The van der Waals surface area contributed by atoms with Crippen molar-refractivity contribution in [1.29, 1.82) is 0 Å². The summed E-state index contributed by atoms with van der Waals surface area (Å²) in [5.74, 6) is -1.74. The molecule has 124 valence electrons. The number of methoxy groups -OCH3 is 1. The fraction of sp³-hybridized carbons (Fsp3) is 0.500. The SMILES string of the molecule is CNS(=O)(=O)c1cc(C(=O)N(CCOC)CC(=O)O)c(C)o1. The van der Waals surface area contributed by atoms with Crippen molar-refractivity contribution in [3.05, 3.63) is 17.4 Å². The molecule has 0 fully saturated rings. The van der Waals surface area contributed by atoms with Gasteiger partial charge in [0.25, 0.3) is 15.9 Å². The number of carboxylic acids is 1. The zero-order chi connectivity index (χ0) is 16.9. The average Bonchev–Trinajstić information content (AvgIpc) is 2.85. The number of nitrogens with one attached hydrogen (secondary N) is 1. The Morgan fingerprint density at radius 2 is 2.09 bits per heavy atom. The van der Waals surface area contributed by atoms with Crippen LogP contribution in [0.5, 0.6) is 0 Å². The highest BCUT2D eigenvalue weighted by Gasteiger charge is 2.26. The van der Waals surface area contributed by atoms with E-state index in [1.165, 1.54) is 21.1 Å². The standard InChI is InChI=1S/C12H18N2O7S/c1-8-9(6-11(21-8)22(18,19)13-2)12(17)14(4-5-20-3)7-10(15)16/h6,13H,4-5,7H2,1-3H3,(H,15,16). The van der Waals surface area contributed by atoms with Crippen LogP contribution in [0.2, 0.25) is 0 Å². The van der Waals surface area contributed by atoms with Gasteiger partial charge in [0.15, 0.2) is 0 Å². The number of amides is 1. The maximum Gasteiger partial charge on any atom is 0.323 e. The number of carbonyl (C=O) groups excluding carboxylic acids is 1. The molecule has 0 spiro atoms. The van der Waals surface area contributed by atoms with Gasteiger partial charge in [-0.25, -0.2) is 13.1 Å². The molecule has 0 aliphatic rings. The molecule has 2 N–H and O–H groups in total. The van der Waals surface area contributed by atoms with Gasteiger partial charge in [-0.1, -0.05) is 0 Å². The third-order valence-electron chi connectivity index (χ3n) is 2.84. The molecule has 0 aliphatic carbocycles. The molecule has 9 nitrogen and oxygen atoms in total. The second-order valence-corrected chi connectivity index (χ2v) is 6.17. The van der Waals surface area contributed by atoms with Crippen LogP contribution in [0.4, 0.5) is 0 Å². The minimum Gasteiger partial charge on any atom is -0.480 e. The summed E-state index contributed by atoms with van der Waals surface area (Å²) in [6.07, 6.45) is 0. The number of ether oxygens (including phenoxy) is 1. The summed E-state index contributed by atoms with van der Waals surface area (Å²) in [6, 6.07) is 1.07. The van der Waals surface area contributed by atoms with Gasteiger partial charge in [-0.3, -0.25) is 9.59 Å². The van der Waals surface area contributed by atoms with Crippen LogP contribution in [-0.4, -0.2) is 64.2 Å². The van der Waals surface area contributed by atoms with E-state index in [9.17, 15) is 18.0 Å². The minimum absolute atomic E-state index is 0.00817. The number of sulfonamides is 1. The molecule has 0 atom stereocenters. The van der Waals surface area contributed by atoms with Crippen LogP contribution in [0.25, 0.3) is 0 Å². The van der Waals surface area contributed by atoms with E-state index in [1.807, 2.05) is 0 Å². The number of furan rings is 1. The predicted octanol–water partition coefficient (Wildman–Crippen LogP) is -0.331. The van der Waals surface area contributed by atoms with E-state index < -0.39 is 33.5 Å². The molecule has 0 unspecified atom stereocenters. The van der Waals surface area contributed by atoms with E-state index in [-0.39, 0.29) is 24.5 Å². The quantitative estimate of drug-likeness (QED) is 0.666. The van der Waals surface area contributed by atoms with Crippen molar-refractivity contribution in [3.8, 4) is 0 Å². The van der Waals surface area contributed by atoms with Gasteiger partial charge in [-0.15, -0.1) is 0 Å². The van der Waals surface area contributed by atoms with Crippen molar-refractivity contribution >= 4 is 21.9 Å². The van der Waals surface area contributed by atoms with Gasteiger partial charge in [-0.2, -0.15) is 0 Å². The number of hydrogen-bond donors (Lipinski definition) is 2. The Morgan fingerprint density at radius 3 is 2.59 bits per heavy atom. The van der Waals surface area contributed by atoms with Gasteiger partial charge < -0.3 is 19.2 Å². The molecule has 0 aromatic carbocycles. The monoisotopic (exact) mass is 334 g/mol. The Morgan fingerprint density at radius 1 is 1.45 bits per heavy atom. The Balaban J connectivity index is 3.11. The largest absolute Gasteiger partial charge is 0.480 e. The van der Waals surface area contributed by atoms with Crippen molar-refractivity contribution in [2.45, 2.75) is 12.0 Å². The highest BCUT2D eigenvalue weighted by Crippen LogP contribution is 2.20. The first-order valence-electron chi connectivity index (χ1n) is 6.27. The Labute approximate surface area is 127 Å². The highest BCUT2D eigenvalue weighted by atomic mass is 32.2. The lowest BCUT2D eigenvalue weighted by molar-refractivity contribution is -0.137. The van der Waals surface area contributed by atoms with Gasteiger partial charge in [0.05, 0.1) is 12.2 Å². The number of hydrogen-bond acceptors (Lipinski definition) is 6. The molecule has 1 aromatic heterocycles. The van der Waals surface area contributed by atoms with Crippen LogP contribution in [0.3, 0.4) is 0 Å². The lowest BCUT2D eigenvalue weighted by Gasteiger charge is -2.19. The number of aryl methyl sites for hydroxylation is 1. The van der Waals surface area contributed by atoms with Crippen LogP contribution in [0.1, 0.15) is 16.1 Å². The van der Waals surface area contributed by atoms with E-state index >= 15 is 0 Å². The fourth-order valence-corrected chi connectivity index (χ4v) is 2.40. The van der Waals surface area contributed by atoms with Gasteiger partial charge in [0.2, 0.25) is 5.09 Å². The number of carboxylic acid groups (broad SMARTS) is 1. The third-order valence-corrected chi connectivity index (χ3v) is 4.11. The lowest BCUT2D eigenvalue weighted by atomic mass is 10.2. The first-order chi connectivity index (χ1) is 10.2. The van der Waals surface area contributed by atoms with E-state index in [1.54, 1.807) is 0 Å². The van der Waals surface area contributed by atoms with Gasteiger partial charge in [0, 0.05) is 19.7 Å². The topological polar surface area (TPSA) is 126 Å². The van der Waals surface area contributed by atoms with Crippen LogP contribution in [0.15, 0.2) is 15.6 Å². The summed E-state index contributed by atoms with van der Waals surface area (Å²) in [7, 11) is -1.19. The summed E-state index contributed by atoms with van der Waals surface area (Å²) in [4.78, 5) is 24.2. The molecule has 0 aliphatic heterocycles. The first kappa shape index (κ1) is 18.1. The summed E-state index contributed by atoms with van der Waals surface area (Å²) in [5, 5.41) is 8.45. The van der Waals surface area contributed by atoms with Gasteiger partial charge >= 0.3 is 5.97 Å². The lowest BCUT2D eigenvalue weighted by Crippen LogP contribution is -2.38. The van der Waals surface area contributed by atoms with Crippen molar-refractivity contribution in [2.24, 2.45) is 0 Å². The molecule has 1 amide bonds. The molecule has 1 rings (SSSR count). The molecule has 1 heterocycles. The van der Waals surface area contributed by atoms with E-state index in [0.29, 0.717) is 0 Å². The van der Waals surface area contributed by atoms with Crippen LogP contribution >= 0.6 is 0 Å². The Bertz CT molecular complexity index is 650. The fourth-order valence-electron chi connectivity index (χ4n) is 1.69. The summed E-state index contributed by atoms with van der Waals surface area (Å²) < 4.78 is 35.3. The molecule has 22 heavy (non-hydrogen) atoms. The van der Waals surface area contributed by atoms with Crippen molar-refractivity contribution in [1.82, 2.24) is 9.62 Å². The van der Waals surface area contributed by atoms with E-state index in [2.05, 4.69) is 4.72 Å². The van der Waals surface area contributed by atoms with Crippen molar-refractivity contribution < 1.29 is 32.3 Å². The highest BCUT2D eigenvalue weighted by molar-refractivity contribution is 7.89. The van der Waals surface area contributed by atoms with Crippen molar-refractivity contribution in [2.75, 3.05) is 33.9 Å². The number of nitrogens with zero attached hydrogens (tertiary/aromatic N) is 1. The van der Waals surface area contributed by atoms with Crippen LogP contribution in [-0.2, 0) is 19.6 Å². The molecule has 0 radical (unpaired) electrons. The van der Waals surface area contributed by atoms with Gasteiger partial charge in [-0.05, 0) is 14.0 Å². The summed E-state index contributed by atoms with van der Waals surface area (Å²) in [5.41, 5.74) is -0.00817. The normalized spacial score (nSPS) is 11.4. The van der Waals surface area contributed by atoms with E-state index in [4.69, 9.17) is 14.3 Å². The number of aliphatic carboxylic acids is 1. The zero-order valence-corrected chi connectivity index (χ0v) is 13.3. The van der Waals surface area contributed by atoms with Crippen molar-refractivity contribution in [3.63, 3.8) is 0 Å². The first-order valence-corrected chi connectivity index (χ1v) is 7.75. The zero-order valence-electron chi connectivity index (χ0n) is 12.5. The summed E-state index contributed by atoms with van der Waals surface area (Å²) in [6.45, 7) is 1.11. The van der Waals surface area contributed by atoms with Gasteiger partial charge in [0.1, 0.15) is 12.3 Å². The van der Waals surface area contributed by atoms with E-state index in [0.717, 1.165) is 11.0 Å². The molecular formula is C12H18N2O7S. The average molecular weight is 334 g/mol. The summed E-state index contributed by atoms with van der Waals surface area (Å²) >= 11 is 0. The second-order valence-electron chi connectivity index (χ2n) is 4.36. The number of rotatable bonds is 8. The third kappa shape index (κ3) is 4.29. The number of carbonyl (C=O) groups is 2. The van der Waals surface area contributed by atoms with Crippen LogP contribution < -0.4 is 4.72 Å². The Hall–Kier alpha value is -1.91. The molecule has 10 heteroatoms. The molecule has 0 bridgehead atoms. The van der Waals surface area contributed by atoms with Crippen LogP contribution in [0, 0.1) is 6.92 Å². The maximum atomic E-state index is 12.4. The maximum absolute atomic E-state index is 12.4. The molecule has 0 saturated carbocycles. The molecule has 1 aromatic rings.